The van der Waals surface area contributed by atoms with Crippen molar-refractivity contribution in [2.75, 3.05) is 13.3 Å². The number of halogens is 2. The molecule has 0 aromatic rings. The van der Waals surface area contributed by atoms with Crippen molar-refractivity contribution in [3.63, 3.8) is 0 Å². The first-order valence-electron chi connectivity index (χ1n) is 6.50. The molecule has 1 fully saturated rings. The fourth-order valence-corrected chi connectivity index (χ4v) is 660. The van der Waals surface area contributed by atoms with Gasteiger partial charge >= 0.3 is 147 Å². The van der Waals surface area contributed by atoms with Gasteiger partial charge in [-0.15, -0.1) is 0 Å². The average molecular weight is 538 g/mol. The molecule has 1 rings (SSSR count). The Morgan fingerprint density at radius 3 is 2.11 bits per heavy atom. The van der Waals surface area contributed by atoms with E-state index in [-0.39, 0.29) is 25.5 Å². The molecule has 2 unspecified atom stereocenters. The summed E-state index contributed by atoms with van der Waals surface area (Å²) in [5.74, 6) is 0. The minimum atomic E-state index is -2.70. The number of rotatable bonds is 6. The molecule has 1 aliphatic heterocycles. The van der Waals surface area contributed by atoms with Crippen LogP contribution in [0, 0.1) is 0 Å². The summed E-state index contributed by atoms with van der Waals surface area (Å²) in [6.07, 6.45) is 0.234. The van der Waals surface area contributed by atoms with Crippen molar-refractivity contribution in [1.82, 2.24) is 0 Å². The average Bonchev–Trinajstić information content (AvgIpc) is 2.28. The van der Waals surface area contributed by atoms with Crippen LogP contribution in [0.1, 0.15) is 26.7 Å². The van der Waals surface area contributed by atoms with E-state index in [4.69, 9.17) is 18.6 Å². The van der Waals surface area contributed by atoms with Crippen molar-refractivity contribution in [3.05, 3.63) is 0 Å². The van der Waals surface area contributed by atoms with Crippen LogP contribution in [-0.2, 0) is 65.6 Å². The third kappa shape index (κ3) is 6.56. The van der Waals surface area contributed by atoms with E-state index < -0.39 is 27.4 Å². The Morgan fingerprint density at radius 1 is 1.17 bits per heavy atom. The molecule has 0 radical (unpaired) electrons. The fourth-order valence-electron chi connectivity index (χ4n) is 2.45. The molecule has 1 heterocycles. The molecule has 0 aromatic heterocycles. The van der Waals surface area contributed by atoms with Crippen LogP contribution in [0.15, 0.2) is 0 Å². The van der Waals surface area contributed by atoms with E-state index >= 15 is 0 Å². The van der Waals surface area contributed by atoms with Crippen molar-refractivity contribution >= 4 is 31.8 Å². The Labute approximate surface area is 143 Å². The monoisotopic (exact) mass is 538 g/mol. The van der Waals surface area contributed by atoms with E-state index in [0.717, 1.165) is 6.57 Å². The van der Waals surface area contributed by atoms with Crippen molar-refractivity contribution in [1.29, 1.82) is 0 Å². The van der Waals surface area contributed by atoms with Gasteiger partial charge in [0.05, 0.1) is 0 Å². The molecule has 0 nitrogen and oxygen atoms in total. The summed E-state index contributed by atoms with van der Waals surface area (Å²) in [4.78, 5) is 0. The van der Waals surface area contributed by atoms with E-state index in [2.05, 4.69) is 27.2 Å². The summed E-state index contributed by atoms with van der Waals surface area (Å²) in [6.45, 7) is 12.2. The second-order valence-electron chi connectivity index (χ2n) is 4.85. The zero-order valence-corrected chi connectivity index (χ0v) is 24.5. The SMILES string of the molecule is CC[CH2][Ti]1([CH2]CC)[Ti][Ti]([PH]C)[Ti][Ti]([Cl])([Cl])([PH]C)[Ti]1. The Balaban J connectivity index is 3.03. The van der Waals surface area contributed by atoms with E-state index in [1.165, 1.54) is 19.4 Å². The summed E-state index contributed by atoms with van der Waals surface area (Å²) in [7, 11) is 12.7. The molecule has 0 bridgehead atoms. The third-order valence-corrected chi connectivity index (χ3v) is 270. The maximum atomic E-state index is 7.34. The second-order valence-corrected chi connectivity index (χ2v) is 129. The second kappa shape index (κ2) is 9.43. The van der Waals surface area contributed by atoms with Crippen LogP contribution in [0.25, 0.3) is 0 Å². The zero-order valence-electron chi connectivity index (χ0n) is 11.6. The van der Waals surface area contributed by atoms with E-state index in [9.17, 15) is 0 Å². The van der Waals surface area contributed by atoms with Crippen molar-refractivity contribution in [2.45, 2.75) is 36.1 Å². The summed E-state index contributed by atoms with van der Waals surface area (Å²) in [6, 6.07) is 0. The summed E-state index contributed by atoms with van der Waals surface area (Å²) < 4.78 is 3.40. The van der Waals surface area contributed by atoms with Crippen LogP contribution in [-0.4, -0.2) is 13.3 Å². The molecule has 0 amide bonds. The van der Waals surface area contributed by atoms with Gasteiger partial charge in [0.25, 0.3) is 0 Å². The van der Waals surface area contributed by atoms with Crippen molar-refractivity contribution in [3.8, 4) is 0 Å². The Kier molecular flexibility index (Phi) is 11.4. The molecule has 2 atom stereocenters. The van der Waals surface area contributed by atoms with Gasteiger partial charge in [0.1, 0.15) is 0 Å². The van der Waals surface area contributed by atoms with E-state index in [1.807, 2.05) is 0 Å². The van der Waals surface area contributed by atoms with Gasteiger partial charge in [-0.25, -0.2) is 0 Å². The third-order valence-electron chi connectivity index (χ3n) is 3.21. The molecule has 1 saturated heterocycles. The first-order chi connectivity index (χ1) is 8.31. The zero-order chi connectivity index (χ0) is 13.9. The molecule has 0 spiro atoms. The van der Waals surface area contributed by atoms with Crippen LogP contribution in [0.2, 0.25) is 9.45 Å². The summed E-state index contributed by atoms with van der Waals surface area (Å²) in [5, 5.41) is 0. The molecule has 1 aliphatic rings. The van der Waals surface area contributed by atoms with Gasteiger partial charge < -0.3 is 0 Å². The predicted molar refractivity (Wildman–Crippen MR) is 70.4 cm³/mol. The van der Waals surface area contributed by atoms with Gasteiger partial charge in [-0.1, -0.05) is 0 Å². The Hall–Kier alpha value is 5.73. The molecule has 0 aliphatic carbocycles. The van der Waals surface area contributed by atoms with Gasteiger partial charge in [-0.2, -0.15) is 0 Å². The van der Waals surface area contributed by atoms with Crippen LogP contribution in [0.4, 0.5) is 0 Å². The maximum absolute atomic E-state index is 7.34. The van der Waals surface area contributed by atoms with Crippen molar-refractivity contribution < 1.29 is 65.6 Å². The van der Waals surface area contributed by atoms with Gasteiger partial charge in [0, 0.05) is 0 Å². The first-order valence-corrected chi connectivity index (χ1v) is 44.7. The standard InChI is InChI=1S/2C3H7.2CH4P.2ClH.6Ti/c2*1-3-2;2*1-2;;;;;;;;/h2*1,3H2,2H3;2*2H,1H3;2*1H;;;;;;/q;;2*-1;;;;;;;+1;+3/p-2. The van der Waals surface area contributed by atoms with Crippen LogP contribution < -0.4 is 0 Å². The van der Waals surface area contributed by atoms with Crippen LogP contribution in [0.5, 0.6) is 0 Å². The van der Waals surface area contributed by atoms with E-state index in [0.29, 0.717) is 12.7 Å². The van der Waals surface area contributed by atoms with Crippen LogP contribution >= 0.6 is 31.8 Å². The van der Waals surface area contributed by atoms with E-state index in [1.54, 1.807) is 9.45 Å². The molecule has 18 heavy (non-hydrogen) atoms. The Morgan fingerprint density at radius 2 is 1.72 bits per heavy atom. The summed E-state index contributed by atoms with van der Waals surface area (Å²) in [5.41, 5.74) is 0. The first kappa shape index (κ1) is 21.8. The van der Waals surface area contributed by atoms with Gasteiger partial charge in [-0.3, -0.25) is 0 Å². The van der Waals surface area contributed by atoms with Crippen molar-refractivity contribution in [2.24, 2.45) is 0 Å². The molecular weight excluding hydrogens is 516 g/mol. The number of hydrogen-bond donors (Lipinski definition) is 0. The molecular formula is C8H22Cl2P2Ti6. The summed E-state index contributed by atoms with van der Waals surface area (Å²) >= 11 is 1.05. The Bertz CT molecular complexity index is 287. The molecule has 0 aromatic carbocycles. The molecule has 10 heteroatoms. The minimum absolute atomic E-state index is 0.202. The number of hydrogen-bond acceptors (Lipinski definition) is 0. The predicted octanol–water partition coefficient (Wildman–Crippen LogP) is 5.61. The molecule has 0 saturated carbocycles. The van der Waals surface area contributed by atoms with Gasteiger partial charge in [-0.05, 0) is 0 Å². The molecule has 102 valence electrons. The van der Waals surface area contributed by atoms with Gasteiger partial charge in [0.2, 0.25) is 0 Å². The van der Waals surface area contributed by atoms with Crippen LogP contribution in [0.3, 0.4) is 0 Å². The fraction of sp³-hybridized carbons (Fsp3) is 1.00. The normalized spacial score (nSPS) is 27.4. The quantitative estimate of drug-likeness (QED) is 0.305. The topological polar surface area (TPSA) is 0 Å². The molecule has 0 N–H and O–H groups in total. The van der Waals surface area contributed by atoms with Gasteiger partial charge in [0.15, 0.2) is 0 Å².